The fourth-order valence-corrected chi connectivity index (χ4v) is 2.31. The Morgan fingerprint density at radius 3 is 2.56 bits per heavy atom. The molecule has 0 aliphatic carbocycles. The second-order valence-corrected chi connectivity index (χ2v) is 5.46. The highest BCUT2D eigenvalue weighted by atomic mass is 16.3. The highest BCUT2D eigenvalue weighted by molar-refractivity contribution is 5.84. The molecule has 0 aromatic rings. The number of amides is 2. The molecule has 6 N–H and O–H groups in total. The van der Waals surface area contributed by atoms with E-state index in [2.05, 4.69) is 5.43 Å². The zero-order chi connectivity index (χ0) is 13.9. The van der Waals surface area contributed by atoms with Crippen molar-refractivity contribution in [1.29, 1.82) is 0 Å². The van der Waals surface area contributed by atoms with Crippen molar-refractivity contribution in [2.24, 2.45) is 17.0 Å². The van der Waals surface area contributed by atoms with Gasteiger partial charge in [0.25, 0.3) is 0 Å². The van der Waals surface area contributed by atoms with Crippen LogP contribution in [0.4, 0.5) is 0 Å². The van der Waals surface area contributed by atoms with Gasteiger partial charge < -0.3 is 15.7 Å². The van der Waals surface area contributed by atoms with Crippen LogP contribution in [0.2, 0.25) is 0 Å². The van der Waals surface area contributed by atoms with Crippen LogP contribution >= 0.6 is 0 Å². The Balaban J connectivity index is 2.76. The van der Waals surface area contributed by atoms with Crippen LogP contribution in [0.1, 0.15) is 26.7 Å². The van der Waals surface area contributed by atoms with Crippen molar-refractivity contribution in [3.8, 4) is 0 Å². The lowest BCUT2D eigenvalue weighted by molar-refractivity contribution is -0.136. The molecule has 1 rings (SSSR count). The molecule has 7 nitrogen and oxygen atoms in total. The number of aliphatic hydroxyl groups excluding tert-OH is 1. The third-order valence-corrected chi connectivity index (χ3v) is 3.30. The topological polar surface area (TPSA) is 122 Å². The van der Waals surface area contributed by atoms with Gasteiger partial charge in [0, 0.05) is 19.5 Å². The maximum absolute atomic E-state index is 12.3. The van der Waals surface area contributed by atoms with E-state index in [9.17, 15) is 14.7 Å². The first-order chi connectivity index (χ1) is 8.27. The number of hydrogen-bond donors (Lipinski definition) is 4. The molecule has 0 saturated carbocycles. The average molecular weight is 258 g/mol. The van der Waals surface area contributed by atoms with Gasteiger partial charge >= 0.3 is 0 Å². The lowest BCUT2D eigenvalue weighted by atomic mass is 9.80. The van der Waals surface area contributed by atoms with Gasteiger partial charge in [-0.3, -0.25) is 15.4 Å². The summed E-state index contributed by atoms with van der Waals surface area (Å²) in [6.07, 6.45) is 0.148. The number of primary amides is 1. The van der Waals surface area contributed by atoms with Crippen LogP contribution in [0, 0.1) is 5.41 Å². The summed E-state index contributed by atoms with van der Waals surface area (Å²) in [6, 6.07) is -0.699. The molecular weight excluding hydrogens is 236 g/mol. The molecule has 1 saturated heterocycles. The van der Waals surface area contributed by atoms with Crippen LogP contribution in [0.15, 0.2) is 0 Å². The first-order valence-corrected chi connectivity index (χ1v) is 5.99. The normalized spacial score (nSPS) is 22.0. The summed E-state index contributed by atoms with van der Waals surface area (Å²) in [5.74, 6) is 4.74. The minimum absolute atomic E-state index is 0.0595. The Labute approximate surface area is 106 Å². The summed E-state index contributed by atoms with van der Waals surface area (Å²) in [5, 5.41) is 9.43. The summed E-state index contributed by atoms with van der Waals surface area (Å²) < 4.78 is 0. The maximum Gasteiger partial charge on any atom is 0.241 e. The van der Waals surface area contributed by atoms with Crippen molar-refractivity contribution in [1.82, 2.24) is 10.3 Å². The van der Waals surface area contributed by atoms with Gasteiger partial charge in [0.15, 0.2) is 0 Å². The molecule has 0 radical (unpaired) electrons. The molecule has 1 heterocycles. The highest BCUT2D eigenvalue weighted by Crippen LogP contribution is 2.27. The number of likely N-dealkylation sites (tertiary alicyclic amines) is 1. The first-order valence-electron chi connectivity index (χ1n) is 5.99. The SMILES string of the molecule is CC(C)(CC(N)=O)C(NN)C(=O)N1CCC(O)C1. The van der Waals surface area contributed by atoms with Gasteiger partial charge in [-0.05, 0) is 11.8 Å². The number of β-amino-alcohol motifs (C(OH)–C–C–N with tert-alkyl or cyclic N) is 1. The molecule has 2 amide bonds. The molecule has 1 aliphatic heterocycles. The number of rotatable bonds is 5. The Hall–Kier alpha value is -1.18. The minimum Gasteiger partial charge on any atom is -0.391 e. The van der Waals surface area contributed by atoms with E-state index in [1.807, 2.05) is 0 Å². The molecule has 0 aromatic carbocycles. The molecule has 18 heavy (non-hydrogen) atoms. The summed E-state index contributed by atoms with van der Waals surface area (Å²) >= 11 is 0. The van der Waals surface area contributed by atoms with Gasteiger partial charge in [-0.15, -0.1) is 0 Å². The Bertz CT molecular complexity index is 332. The van der Waals surface area contributed by atoms with E-state index >= 15 is 0 Å². The van der Waals surface area contributed by atoms with E-state index in [1.165, 1.54) is 0 Å². The summed E-state index contributed by atoms with van der Waals surface area (Å²) in [5.41, 5.74) is 6.96. The van der Waals surface area contributed by atoms with Crippen LogP contribution in [0.3, 0.4) is 0 Å². The van der Waals surface area contributed by atoms with E-state index in [0.717, 1.165) is 0 Å². The Morgan fingerprint density at radius 2 is 2.17 bits per heavy atom. The van der Waals surface area contributed by atoms with E-state index < -0.39 is 23.5 Å². The lowest BCUT2D eigenvalue weighted by Gasteiger charge is -2.34. The third-order valence-electron chi connectivity index (χ3n) is 3.30. The predicted molar refractivity (Wildman–Crippen MR) is 65.9 cm³/mol. The third kappa shape index (κ3) is 3.41. The second kappa shape index (κ2) is 5.64. The molecule has 0 bridgehead atoms. The van der Waals surface area contributed by atoms with Crippen molar-refractivity contribution in [3.05, 3.63) is 0 Å². The molecule has 0 spiro atoms. The van der Waals surface area contributed by atoms with Gasteiger partial charge in [0.1, 0.15) is 6.04 Å². The second-order valence-electron chi connectivity index (χ2n) is 5.46. The number of hydrazine groups is 1. The van der Waals surface area contributed by atoms with Crippen molar-refractivity contribution >= 4 is 11.8 Å². The predicted octanol–water partition coefficient (Wildman–Crippen LogP) is -1.69. The monoisotopic (exact) mass is 258 g/mol. The van der Waals surface area contributed by atoms with Crippen LogP contribution in [-0.4, -0.2) is 47.1 Å². The van der Waals surface area contributed by atoms with E-state index in [4.69, 9.17) is 11.6 Å². The molecule has 2 atom stereocenters. The molecule has 104 valence electrons. The molecule has 1 fully saturated rings. The summed E-state index contributed by atoms with van der Waals surface area (Å²) in [4.78, 5) is 24.8. The highest BCUT2D eigenvalue weighted by Gasteiger charge is 2.39. The van der Waals surface area contributed by atoms with Gasteiger partial charge in [0.2, 0.25) is 11.8 Å². The van der Waals surface area contributed by atoms with Crippen LogP contribution in [0.25, 0.3) is 0 Å². The van der Waals surface area contributed by atoms with Crippen LogP contribution < -0.4 is 17.0 Å². The average Bonchev–Trinajstić information content (AvgIpc) is 2.63. The van der Waals surface area contributed by atoms with Gasteiger partial charge in [0.05, 0.1) is 6.10 Å². The van der Waals surface area contributed by atoms with Crippen molar-refractivity contribution in [2.75, 3.05) is 13.1 Å². The Morgan fingerprint density at radius 1 is 1.56 bits per heavy atom. The minimum atomic E-state index is -0.699. The molecule has 7 heteroatoms. The molecular formula is C11H22N4O3. The molecule has 0 aromatic heterocycles. The fourth-order valence-electron chi connectivity index (χ4n) is 2.31. The van der Waals surface area contributed by atoms with E-state index in [-0.39, 0.29) is 12.3 Å². The van der Waals surface area contributed by atoms with Gasteiger partial charge in [-0.25, -0.2) is 5.43 Å². The van der Waals surface area contributed by atoms with Crippen molar-refractivity contribution in [3.63, 3.8) is 0 Å². The lowest BCUT2D eigenvalue weighted by Crippen LogP contribution is -2.56. The molecule has 2 unspecified atom stereocenters. The molecule has 1 aliphatic rings. The van der Waals surface area contributed by atoms with Gasteiger partial charge in [-0.2, -0.15) is 0 Å². The standard InChI is InChI=1S/C11H22N4O3/c1-11(2,5-8(12)17)9(14-13)10(18)15-4-3-7(16)6-15/h7,9,14,16H,3-6,13H2,1-2H3,(H2,12,17). The van der Waals surface area contributed by atoms with E-state index in [1.54, 1.807) is 18.7 Å². The summed E-state index contributed by atoms with van der Waals surface area (Å²) in [7, 11) is 0. The number of carbonyl (C=O) groups is 2. The van der Waals surface area contributed by atoms with Crippen molar-refractivity contribution in [2.45, 2.75) is 38.8 Å². The van der Waals surface area contributed by atoms with Crippen LogP contribution in [0.5, 0.6) is 0 Å². The van der Waals surface area contributed by atoms with Crippen LogP contribution in [-0.2, 0) is 9.59 Å². The quantitative estimate of drug-likeness (QED) is 0.346. The zero-order valence-corrected chi connectivity index (χ0v) is 10.8. The van der Waals surface area contributed by atoms with E-state index in [0.29, 0.717) is 19.5 Å². The number of nitrogens with two attached hydrogens (primary N) is 2. The largest absolute Gasteiger partial charge is 0.391 e. The number of hydrogen-bond acceptors (Lipinski definition) is 5. The Kier molecular flexibility index (Phi) is 4.66. The first kappa shape index (κ1) is 14.9. The zero-order valence-electron chi connectivity index (χ0n) is 10.8. The number of carbonyl (C=O) groups excluding carboxylic acids is 2. The number of aliphatic hydroxyl groups is 1. The number of nitrogens with one attached hydrogen (secondary N) is 1. The van der Waals surface area contributed by atoms with Crippen molar-refractivity contribution < 1.29 is 14.7 Å². The maximum atomic E-state index is 12.3. The fraction of sp³-hybridized carbons (Fsp3) is 0.818. The smallest absolute Gasteiger partial charge is 0.241 e. The summed E-state index contributed by atoms with van der Waals surface area (Å²) in [6.45, 7) is 4.33. The van der Waals surface area contributed by atoms with Gasteiger partial charge in [-0.1, -0.05) is 13.8 Å². The number of nitrogens with zero attached hydrogens (tertiary/aromatic N) is 1.